The zero-order valence-electron chi connectivity index (χ0n) is 37.2. The molecule has 1 atom stereocenters. The molecule has 3 heterocycles. The molecule has 10 aromatic carbocycles. The maximum atomic E-state index is 5.63. The topological polar surface area (TPSA) is 34.2 Å². The first kappa shape index (κ1) is 37.9. The van der Waals surface area contributed by atoms with Gasteiger partial charge < -0.3 is 14.5 Å². The summed E-state index contributed by atoms with van der Waals surface area (Å²) in [6.45, 7) is 4.68. The summed E-state index contributed by atoms with van der Waals surface area (Å²) >= 11 is 0. The molecule has 0 saturated carbocycles. The van der Waals surface area contributed by atoms with E-state index in [1.54, 1.807) is 0 Å². The number of nitrogens with zero attached hydrogens (tertiary/aromatic N) is 3. The van der Waals surface area contributed by atoms with Crippen molar-refractivity contribution in [1.29, 1.82) is 0 Å². The van der Waals surface area contributed by atoms with Crippen LogP contribution in [0.1, 0.15) is 47.8 Å². The molecule has 0 fully saturated rings. The monoisotopic (exact) mass is 856 g/mol. The molecular weight excluding hydrogens is 813 g/mol. The minimum atomic E-state index is -0.312. The highest BCUT2D eigenvalue weighted by atomic mass is 15.1. The third kappa shape index (κ3) is 5.63. The number of nitrogens with one attached hydrogen (secondary N) is 1. The summed E-state index contributed by atoms with van der Waals surface area (Å²) in [5, 5.41) is 11.3. The van der Waals surface area contributed by atoms with Crippen molar-refractivity contribution >= 4 is 65.8 Å². The van der Waals surface area contributed by atoms with Gasteiger partial charge in [0.25, 0.3) is 0 Å². The van der Waals surface area contributed by atoms with Crippen LogP contribution < -0.4 is 5.32 Å². The molecule has 0 saturated heterocycles. The first-order valence-corrected chi connectivity index (χ1v) is 23.3. The Morgan fingerprint density at radius 1 is 0.403 bits per heavy atom. The van der Waals surface area contributed by atoms with Crippen molar-refractivity contribution in [2.75, 3.05) is 5.32 Å². The first-order chi connectivity index (χ1) is 33.0. The van der Waals surface area contributed by atoms with Gasteiger partial charge in [0.15, 0.2) is 0 Å². The lowest BCUT2D eigenvalue weighted by Crippen LogP contribution is -2.21. The van der Waals surface area contributed by atoms with Gasteiger partial charge in [-0.25, -0.2) is 0 Å². The number of aromatic nitrogens is 2. The van der Waals surface area contributed by atoms with Gasteiger partial charge in [-0.2, -0.15) is 0 Å². The standard InChI is InChI=1S/C63H44N4/c1-63(2)54-24-11-8-21-47(54)51-38-42(28-32-55(51)63)60-50-31-27-39-15-6-7-20-46(39)61(50)65-62(64-60)43-16-14-19-45(35-43)67-57-26-13-10-23-49(57)53-37-41(30-34-59(53)67)40-29-33-58-52(36-40)48-22-9-12-25-56(48)66(58)44-17-4-3-5-18-44/h3-38,62,65H,1-2H3. The van der Waals surface area contributed by atoms with Gasteiger partial charge in [0.2, 0.25) is 0 Å². The molecule has 4 nitrogen and oxygen atoms in total. The van der Waals surface area contributed by atoms with Crippen molar-refractivity contribution in [3.05, 3.63) is 246 Å². The van der Waals surface area contributed by atoms with E-state index in [4.69, 9.17) is 4.99 Å². The predicted octanol–water partition coefficient (Wildman–Crippen LogP) is 16.0. The van der Waals surface area contributed by atoms with Gasteiger partial charge in [-0.15, -0.1) is 0 Å². The maximum Gasteiger partial charge on any atom is 0.145 e. The molecule has 1 aliphatic carbocycles. The quantitative estimate of drug-likeness (QED) is 0.184. The minimum Gasteiger partial charge on any atom is -0.359 e. The van der Waals surface area contributed by atoms with Gasteiger partial charge in [-0.05, 0) is 111 Å². The molecule has 1 aliphatic heterocycles. The molecule has 0 radical (unpaired) electrons. The zero-order valence-corrected chi connectivity index (χ0v) is 37.2. The van der Waals surface area contributed by atoms with Crippen molar-refractivity contribution in [1.82, 2.24) is 9.13 Å². The lowest BCUT2D eigenvalue weighted by molar-refractivity contribution is 0.660. The van der Waals surface area contributed by atoms with Crippen LogP contribution in [0, 0.1) is 0 Å². The number of benzene rings is 10. The molecular formula is C63H44N4. The number of hydrogen-bond donors (Lipinski definition) is 1. The normalized spacial score (nSPS) is 14.9. The Kier molecular flexibility index (Phi) is 8.06. The Balaban J connectivity index is 0.893. The molecule has 12 aromatic rings. The summed E-state index contributed by atoms with van der Waals surface area (Å²) in [7, 11) is 0. The molecule has 0 spiro atoms. The van der Waals surface area contributed by atoms with Crippen LogP contribution in [0.2, 0.25) is 0 Å². The molecule has 1 N–H and O–H groups in total. The molecule has 14 rings (SSSR count). The number of rotatable bonds is 5. The third-order valence-corrected chi connectivity index (χ3v) is 14.7. The summed E-state index contributed by atoms with van der Waals surface area (Å²) in [5.74, 6) is 0. The summed E-state index contributed by atoms with van der Waals surface area (Å²) in [6, 6.07) is 80.1. The molecule has 67 heavy (non-hydrogen) atoms. The van der Waals surface area contributed by atoms with E-state index in [9.17, 15) is 0 Å². The molecule has 2 aromatic heterocycles. The fraction of sp³-hybridized carbons (Fsp3) is 0.0635. The van der Waals surface area contributed by atoms with Crippen LogP contribution in [0.5, 0.6) is 0 Å². The van der Waals surface area contributed by atoms with E-state index >= 15 is 0 Å². The summed E-state index contributed by atoms with van der Waals surface area (Å²) < 4.78 is 4.80. The van der Waals surface area contributed by atoms with Crippen LogP contribution in [-0.2, 0) is 5.41 Å². The number of aliphatic imine (C=N–C) groups is 1. The van der Waals surface area contributed by atoms with E-state index in [-0.39, 0.29) is 11.6 Å². The Hall–Kier alpha value is -8.47. The van der Waals surface area contributed by atoms with Gasteiger partial charge in [-0.1, -0.05) is 166 Å². The number of anilines is 1. The van der Waals surface area contributed by atoms with Crippen molar-refractivity contribution in [3.63, 3.8) is 0 Å². The minimum absolute atomic E-state index is 0.0639. The van der Waals surface area contributed by atoms with Crippen molar-refractivity contribution < 1.29 is 0 Å². The van der Waals surface area contributed by atoms with Crippen LogP contribution in [0.15, 0.2) is 223 Å². The van der Waals surface area contributed by atoms with Gasteiger partial charge in [0, 0.05) is 54.8 Å². The largest absolute Gasteiger partial charge is 0.359 e. The zero-order chi connectivity index (χ0) is 44.4. The number of para-hydroxylation sites is 3. The first-order valence-electron chi connectivity index (χ1n) is 23.3. The summed E-state index contributed by atoms with van der Waals surface area (Å²) in [4.78, 5) is 5.63. The molecule has 316 valence electrons. The second kappa shape index (κ2) is 14.3. The molecule has 2 aliphatic rings. The second-order valence-electron chi connectivity index (χ2n) is 18.8. The Bertz CT molecular complexity index is 4050. The maximum absolute atomic E-state index is 5.63. The average molecular weight is 857 g/mol. The number of fused-ring (bicyclic) bond motifs is 12. The number of hydrogen-bond acceptors (Lipinski definition) is 2. The Labute approximate surface area is 388 Å². The molecule has 0 bridgehead atoms. The van der Waals surface area contributed by atoms with Crippen LogP contribution in [0.25, 0.3) is 88.0 Å². The van der Waals surface area contributed by atoms with E-state index in [2.05, 4.69) is 247 Å². The predicted molar refractivity (Wildman–Crippen MR) is 281 cm³/mol. The molecule has 0 amide bonds. The average Bonchev–Trinajstić information content (AvgIpc) is 3.98. The van der Waals surface area contributed by atoms with Crippen LogP contribution in [-0.4, -0.2) is 14.8 Å². The highest BCUT2D eigenvalue weighted by Gasteiger charge is 2.36. The SMILES string of the molecule is CC1(C)c2ccccc2-c2cc(C3=NC(c4cccc(-n5c6ccccc6c6cc(-c7ccc8c(c7)c7ccccc7n8-c7ccccc7)ccc65)c4)Nc4c3ccc3ccccc43)ccc21. The van der Waals surface area contributed by atoms with Crippen LogP contribution >= 0.6 is 0 Å². The lowest BCUT2D eigenvalue weighted by atomic mass is 9.82. The van der Waals surface area contributed by atoms with E-state index in [1.165, 1.54) is 93.5 Å². The molecule has 4 heteroatoms. The highest BCUT2D eigenvalue weighted by Crippen LogP contribution is 2.49. The van der Waals surface area contributed by atoms with Gasteiger partial charge >= 0.3 is 0 Å². The smallest absolute Gasteiger partial charge is 0.145 e. The van der Waals surface area contributed by atoms with Crippen LogP contribution in [0.3, 0.4) is 0 Å². The van der Waals surface area contributed by atoms with E-state index < -0.39 is 0 Å². The van der Waals surface area contributed by atoms with Gasteiger partial charge in [0.1, 0.15) is 6.17 Å². The highest BCUT2D eigenvalue weighted by molar-refractivity contribution is 6.21. The van der Waals surface area contributed by atoms with Crippen molar-refractivity contribution in [3.8, 4) is 33.6 Å². The summed E-state index contributed by atoms with van der Waals surface area (Å²) in [5.41, 5.74) is 20.2. The Morgan fingerprint density at radius 3 is 1.73 bits per heavy atom. The lowest BCUT2D eigenvalue weighted by Gasteiger charge is -2.28. The second-order valence-corrected chi connectivity index (χ2v) is 18.8. The van der Waals surface area contributed by atoms with Gasteiger partial charge in [0.05, 0.1) is 33.5 Å². The fourth-order valence-electron chi connectivity index (χ4n) is 11.5. The molecule has 1 unspecified atom stereocenters. The van der Waals surface area contributed by atoms with Crippen LogP contribution in [0.4, 0.5) is 5.69 Å². The van der Waals surface area contributed by atoms with Gasteiger partial charge in [-0.3, -0.25) is 4.99 Å². The Morgan fingerprint density at radius 2 is 0.985 bits per heavy atom. The van der Waals surface area contributed by atoms with E-state index in [1.807, 2.05) is 0 Å². The summed E-state index contributed by atoms with van der Waals surface area (Å²) in [6.07, 6.45) is -0.312. The van der Waals surface area contributed by atoms with Crippen molar-refractivity contribution in [2.24, 2.45) is 4.99 Å². The van der Waals surface area contributed by atoms with E-state index in [0.717, 1.165) is 33.8 Å². The van der Waals surface area contributed by atoms with Crippen molar-refractivity contribution in [2.45, 2.75) is 25.4 Å². The van der Waals surface area contributed by atoms with E-state index in [0.29, 0.717) is 0 Å². The third-order valence-electron chi connectivity index (χ3n) is 14.7. The fourth-order valence-corrected chi connectivity index (χ4v) is 11.5.